The fourth-order valence-corrected chi connectivity index (χ4v) is 10.6. The van der Waals surface area contributed by atoms with Gasteiger partial charge in [-0.15, -0.1) is 0 Å². The Kier molecular flexibility index (Phi) is 8.35. The Morgan fingerprint density at radius 3 is 1.78 bits per heavy atom. The van der Waals surface area contributed by atoms with E-state index in [-0.39, 0.29) is 19.4 Å². The van der Waals surface area contributed by atoms with E-state index in [1.54, 1.807) is 12.1 Å². The number of fused-ring (bicyclic) bond motifs is 6. The van der Waals surface area contributed by atoms with E-state index in [4.69, 9.17) is 23.0 Å². The molecule has 6 aromatic rings. The van der Waals surface area contributed by atoms with Crippen LogP contribution in [-0.2, 0) is 19.8 Å². The Morgan fingerprint density at radius 1 is 0.510 bits per heavy atom. The van der Waals surface area contributed by atoms with Crippen molar-refractivity contribution in [1.82, 2.24) is 0 Å². The van der Waals surface area contributed by atoms with Gasteiger partial charge in [0.1, 0.15) is 42.3 Å². The summed E-state index contributed by atoms with van der Waals surface area (Å²) in [5.74, 6) is 2.22. The monoisotopic (exact) mass is 686 g/mol. The highest BCUT2D eigenvalue weighted by Gasteiger charge is 2.41. The van der Waals surface area contributed by atoms with Gasteiger partial charge in [0.2, 0.25) is 0 Å². The third-order valence-corrected chi connectivity index (χ3v) is 12.9. The second-order valence-electron chi connectivity index (χ2n) is 11.8. The lowest BCUT2D eigenvalue weighted by atomic mass is 10.0. The number of benzene rings is 6. The van der Waals surface area contributed by atoms with Crippen LogP contribution in [0, 0.1) is 0 Å². The predicted molar refractivity (Wildman–Crippen MR) is 192 cm³/mol. The lowest BCUT2D eigenvalue weighted by Crippen LogP contribution is -2.32. The third kappa shape index (κ3) is 6.18. The second-order valence-corrected chi connectivity index (χ2v) is 16.0. The summed E-state index contributed by atoms with van der Waals surface area (Å²) in [4.78, 5) is 0. The zero-order valence-electron chi connectivity index (χ0n) is 26.4. The molecular formula is C40H32O7P2. The first-order valence-corrected chi connectivity index (χ1v) is 19.4. The van der Waals surface area contributed by atoms with Gasteiger partial charge >= 0.3 is 7.60 Å². The summed E-state index contributed by atoms with van der Waals surface area (Å²) in [6.45, 7) is 0.0146. The number of rotatable bonds is 10. The van der Waals surface area contributed by atoms with Gasteiger partial charge in [-0.1, -0.05) is 109 Å². The number of hydrogen-bond acceptors (Lipinski definition) is 7. The van der Waals surface area contributed by atoms with E-state index in [9.17, 15) is 9.13 Å². The minimum Gasteiger partial charge on any atom is -0.491 e. The molecule has 0 N–H and O–H groups in total. The molecule has 0 saturated heterocycles. The summed E-state index contributed by atoms with van der Waals surface area (Å²) < 4.78 is 60.7. The van der Waals surface area contributed by atoms with Crippen molar-refractivity contribution < 1.29 is 32.2 Å². The van der Waals surface area contributed by atoms with Crippen molar-refractivity contribution in [3.63, 3.8) is 0 Å². The van der Waals surface area contributed by atoms with E-state index in [1.165, 1.54) is 0 Å². The summed E-state index contributed by atoms with van der Waals surface area (Å²) in [6.07, 6.45) is -0.696. The van der Waals surface area contributed by atoms with Gasteiger partial charge in [-0.25, -0.2) is 4.57 Å². The lowest BCUT2D eigenvalue weighted by molar-refractivity contribution is 0.0751. The fraction of sp³-hybridized carbons (Fsp3) is 0.100. The highest BCUT2D eigenvalue weighted by molar-refractivity contribution is 7.67. The van der Waals surface area contributed by atoms with Crippen molar-refractivity contribution in [2.24, 2.45) is 0 Å². The van der Waals surface area contributed by atoms with Gasteiger partial charge in [0.15, 0.2) is 0 Å². The topological polar surface area (TPSA) is 80.3 Å². The Balaban J connectivity index is 1.08. The van der Waals surface area contributed by atoms with Crippen LogP contribution in [0.3, 0.4) is 0 Å². The van der Waals surface area contributed by atoms with Gasteiger partial charge in [0, 0.05) is 22.3 Å². The van der Waals surface area contributed by atoms with Crippen LogP contribution in [0.2, 0.25) is 0 Å². The average molecular weight is 687 g/mol. The molecule has 244 valence electrons. The molecular weight excluding hydrogens is 654 g/mol. The van der Waals surface area contributed by atoms with Crippen LogP contribution in [0.4, 0.5) is 0 Å². The molecule has 8 rings (SSSR count). The van der Waals surface area contributed by atoms with E-state index in [0.29, 0.717) is 39.2 Å². The van der Waals surface area contributed by atoms with Gasteiger partial charge in [-0.3, -0.25) is 9.09 Å². The van der Waals surface area contributed by atoms with Crippen molar-refractivity contribution in [2.45, 2.75) is 12.3 Å². The molecule has 7 nitrogen and oxygen atoms in total. The van der Waals surface area contributed by atoms with Crippen LogP contribution in [-0.4, -0.2) is 19.3 Å². The van der Waals surface area contributed by atoms with Gasteiger partial charge in [0.25, 0.3) is 7.37 Å². The van der Waals surface area contributed by atoms with Crippen LogP contribution < -0.4 is 29.1 Å². The van der Waals surface area contributed by atoms with Gasteiger partial charge in [-0.2, -0.15) is 0 Å². The molecule has 0 radical (unpaired) electrons. The van der Waals surface area contributed by atoms with Crippen LogP contribution in [0.1, 0.15) is 5.56 Å². The minimum atomic E-state index is -3.88. The van der Waals surface area contributed by atoms with Crippen molar-refractivity contribution in [1.29, 1.82) is 0 Å². The maximum absolute atomic E-state index is 14.7. The quantitative estimate of drug-likeness (QED) is 0.133. The first-order chi connectivity index (χ1) is 24.0. The van der Waals surface area contributed by atoms with E-state index in [0.717, 1.165) is 22.3 Å². The SMILES string of the molecule is O=P1(Cc2ccccc2OCC(COc2ccccc2)OP2(=O)Oc3ccccc3-c3ccccc32)Oc2ccccc2-c2ccccc21. The fourth-order valence-electron chi connectivity index (χ4n) is 6.25. The zero-order chi connectivity index (χ0) is 33.3. The number of ether oxygens (including phenoxy) is 2. The van der Waals surface area contributed by atoms with Crippen molar-refractivity contribution in [3.05, 3.63) is 157 Å². The van der Waals surface area contributed by atoms with Crippen LogP contribution in [0.25, 0.3) is 22.3 Å². The summed E-state index contributed by atoms with van der Waals surface area (Å²) in [5, 5.41) is 1.15. The molecule has 3 unspecified atom stereocenters. The Hall–Kier alpha value is -5.06. The largest absolute Gasteiger partial charge is 0.491 e. The molecule has 0 spiro atoms. The summed E-state index contributed by atoms with van der Waals surface area (Å²) in [5.41, 5.74) is 4.16. The molecule has 9 heteroatoms. The molecule has 6 aromatic carbocycles. The average Bonchev–Trinajstić information content (AvgIpc) is 3.14. The molecule has 3 atom stereocenters. The van der Waals surface area contributed by atoms with Gasteiger partial charge in [0.05, 0.1) is 16.8 Å². The Morgan fingerprint density at radius 2 is 1.04 bits per heavy atom. The number of para-hydroxylation sites is 4. The van der Waals surface area contributed by atoms with E-state index < -0.39 is 21.1 Å². The maximum atomic E-state index is 14.7. The van der Waals surface area contributed by atoms with Crippen LogP contribution >= 0.6 is 15.0 Å². The minimum absolute atomic E-state index is 0.0222. The van der Waals surface area contributed by atoms with E-state index >= 15 is 0 Å². The standard InChI is InChI=1S/C40H32O7P2/c41-48(39-24-12-7-19-34(39)32-17-5-10-22-37(32)46-48)28-29-14-4-9-21-36(29)44-27-31(26-43-30-15-2-1-3-16-30)45-49(42)40-25-13-8-20-35(40)33-18-6-11-23-38(33)47-49/h1-25,31H,26-28H2. The predicted octanol–water partition coefficient (Wildman–Crippen LogP) is 9.27. The van der Waals surface area contributed by atoms with Crippen molar-refractivity contribution in [2.75, 3.05) is 13.2 Å². The summed E-state index contributed by atoms with van der Waals surface area (Å²) >= 11 is 0. The molecule has 0 bridgehead atoms. The number of hydrogen-bond donors (Lipinski definition) is 0. The van der Waals surface area contributed by atoms with E-state index in [1.807, 2.05) is 140 Å². The lowest BCUT2D eigenvalue weighted by Gasteiger charge is -2.31. The van der Waals surface area contributed by atoms with E-state index in [2.05, 4.69) is 0 Å². The van der Waals surface area contributed by atoms with Crippen molar-refractivity contribution >= 4 is 25.6 Å². The molecule has 49 heavy (non-hydrogen) atoms. The van der Waals surface area contributed by atoms with Crippen LogP contribution in [0.15, 0.2) is 152 Å². The third-order valence-electron chi connectivity index (χ3n) is 8.53. The highest BCUT2D eigenvalue weighted by atomic mass is 31.2. The molecule has 2 aliphatic heterocycles. The van der Waals surface area contributed by atoms with Crippen molar-refractivity contribution in [3.8, 4) is 45.3 Å². The molecule has 0 saturated carbocycles. The first-order valence-electron chi connectivity index (χ1n) is 16.0. The molecule has 2 aliphatic rings. The second kappa shape index (κ2) is 13.1. The molecule has 2 heterocycles. The molecule has 0 fully saturated rings. The summed E-state index contributed by atoms with van der Waals surface area (Å²) in [6, 6.07) is 47.0. The molecule has 0 amide bonds. The summed E-state index contributed by atoms with van der Waals surface area (Å²) in [7, 11) is -7.27. The maximum Gasteiger partial charge on any atom is 0.411 e. The zero-order valence-corrected chi connectivity index (χ0v) is 28.2. The smallest absolute Gasteiger partial charge is 0.411 e. The normalized spacial score (nSPS) is 19.1. The highest BCUT2D eigenvalue weighted by Crippen LogP contribution is 2.58. The first kappa shape index (κ1) is 31.2. The Bertz CT molecular complexity index is 2240. The van der Waals surface area contributed by atoms with Gasteiger partial charge < -0.3 is 18.5 Å². The van der Waals surface area contributed by atoms with Gasteiger partial charge in [-0.05, 0) is 48.0 Å². The Labute approximate surface area is 285 Å². The van der Waals surface area contributed by atoms with Crippen LogP contribution in [0.5, 0.6) is 23.0 Å². The molecule has 0 aromatic heterocycles. The molecule has 0 aliphatic carbocycles.